The average molecular weight is 1610 g/mol. The molecule has 0 saturated heterocycles. The van der Waals surface area contributed by atoms with Crippen LogP contribution in [0.4, 0.5) is 0 Å². The number of benzene rings is 4. The van der Waals surface area contributed by atoms with E-state index >= 15 is 0 Å². The number of fused-ring (bicyclic) bond motifs is 2. The normalized spacial score (nSPS) is 14.8. The monoisotopic (exact) mass is 1610 g/mol. The number of aliphatic carboxylic acids is 2. The minimum absolute atomic E-state index is 0.000628. The Morgan fingerprint density at radius 1 is 0.371 bits per heavy atom. The summed E-state index contributed by atoms with van der Waals surface area (Å²) in [5, 5.41) is 83.7. The van der Waals surface area contributed by atoms with E-state index in [9.17, 15) is 97.5 Å². The summed E-state index contributed by atoms with van der Waals surface area (Å²) in [6.45, 7) is 14.9. The molecule has 0 fully saturated rings. The fourth-order valence-corrected chi connectivity index (χ4v) is 12.9. The summed E-state index contributed by atoms with van der Waals surface area (Å²) < 4.78 is 0. The van der Waals surface area contributed by atoms with Crippen molar-refractivity contribution in [2.24, 2.45) is 29.4 Å². The third kappa shape index (κ3) is 28.7. The minimum Gasteiger partial charge on any atom is -0.508 e. The van der Waals surface area contributed by atoms with Gasteiger partial charge in [0.1, 0.15) is 78.3 Å². The number of carboxylic acids is 2. The number of aromatic hydroxyl groups is 1. The molecule has 0 unspecified atom stereocenters. The van der Waals surface area contributed by atoms with Gasteiger partial charge in [0.25, 0.3) is 0 Å². The highest BCUT2D eigenvalue weighted by Crippen LogP contribution is 2.23. The summed E-state index contributed by atoms with van der Waals surface area (Å²) in [6, 6.07) is 8.75. The van der Waals surface area contributed by atoms with Gasteiger partial charge in [-0.15, -0.1) is 0 Å². The van der Waals surface area contributed by atoms with Crippen LogP contribution in [0.25, 0.3) is 21.8 Å². The highest BCUT2D eigenvalue weighted by atomic mass is 16.4. The highest BCUT2D eigenvalue weighted by molar-refractivity contribution is 6.01. The minimum atomic E-state index is -1.97. The van der Waals surface area contributed by atoms with Crippen LogP contribution in [0.5, 0.6) is 5.75 Å². The molecule has 116 heavy (non-hydrogen) atoms. The molecule has 13 atom stereocenters. The number of aliphatic hydroxyl groups is 2. The third-order valence-electron chi connectivity index (χ3n) is 19.1. The molecule has 0 saturated carbocycles. The van der Waals surface area contributed by atoms with E-state index in [4.69, 9.17) is 5.73 Å². The number of hydrogen-bond acceptors (Lipinski definition) is 18. The van der Waals surface area contributed by atoms with Crippen LogP contribution in [-0.2, 0) is 97.6 Å². The molecule has 4 aromatic carbocycles. The molecule has 6 rings (SSSR count). The van der Waals surface area contributed by atoms with Gasteiger partial charge in [0.05, 0.1) is 12.7 Å². The van der Waals surface area contributed by atoms with Gasteiger partial charge >= 0.3 is 11.9 Å². The number of phenolic OH excluding ortho intramolecular Hbond substituents is 1. The molecule has 0 aliphatic heterocycles. The van der Waals surface area contributed by atoms with Crippen LogP contribution in [0.1, 0.15) is 130 Å². The topological polar surface area (TPSA) is 559 Å². The second kappa shape index (κ2) is 44.4. The number of hydrogen-bond donors (Lipinski definition) is 20. The van der Waals surface area contributed by atoms with Crippen molar-refractivity contribution in [3.63, 3.8) is 0 Å². The van der Waals surface area contributed by atoms with Crippen LogP contribution in [0.2, 0.25) is 0 Å². The number of para-hydroxylation sites is 2. The summed E-state index contributed by atoms with van der Waals surface area (Å²) in [4.78, 5) is 215. The van der Waals surface area contributed by atoms with Gasteiger partial charge in [-0.05, 0) is 103 Å². The van der Waals surface area contributed by atoms with Crippen molar-refractivity contribution < 1.29 is 97.5 Å². The SMILES string of the molecule is CC(=O)N[C@H](C(=O)N[C@@H](Cc1ccccc1)C(=O)N[C@H](C(=O)N[C@@H](CO)C(=O)N[C@@H](Cc1c[nH]c2ccccc12)C(=O)N[C@@H](CCC(=O)O)C(=O)N[C@@H](CCC(=O)O)C(=O)N[C@@H](Cc1ccc(O)cc1)C(=O)N[C@@H](CC(C)C)C(=O)N[C@@H](CC(C)C)C(=O)N[C@@H](Cc1c[nH]c2ccccc12)C(=O)N[C@H](C(N)=O)C(C)C)[C@@H](C)O)C(C)C. The molecule has 0 spiro atoms. The van der Waals surface area contributed by atoms with Gasteiger partial charge in [0.2, 0.25) is 76.8 Å². The maximum atomic E-state index is 15.0. The number of H-pyrrole nitrogens is 2. The Morgan fingerprint density at radius 3 is 1.09 bits per heavy atom. The first kappa shape index (κ1) is 92.6. The van der Waals surface area contributed by atoms with Crippen LogP contribution >= 0.6 is 0 Å². The van der Waals surface area contributed by atoms with E-state index in [-0.39, 0.29) is 43.3 Å². The Morgan fingerprint density at radius 2 is 0.698 bits per heavy atom. The first-order valence-electron chi connectivity index (χ1n) is 38.4. The second-order valence-corrected chi connectivity index (χ2v) is 30.3. The zero-order chi connectivity index (χ0) is 85.8. The fraction of sp³-hybridized carbons (Fsp3) is 0.469. The Labute approximate surface area is 670 Å². The Balaban J connectivity index is 1.27. The van der Waals surface area contributed by atoms with Gasteiger partial charge in [0, 0.05) is 79.6 Å². The number of amides is 13. The van der Waals surface area contributed by atoms with Gasteiger partial charge in [-0.1, -0.05) is 134 Å². The molecular weight excluding hydrogens is 1500 g/mol. The molecule has 6 aromatic rings. The van der Waals surface area contributed by atoms with Crippen LogP contribution in [0.3, 0.4) is 0 Å². The van der Waals surface area contributed by atoms with Crippen LogP contribution in [-0.4, -0.2) is 209 Å². The highest BCUT2D eigenvalue weighted by Gasteiger charge is 2.39. The largest absolute Gasteiger partial charge is 0.508 e. The zero-order valence-electron chi connectivity index (χ0n) is 66.5. The molecule has 0 radical (unpaired) electrons. The third-order valence-corrected chi connectivity index (χ3v) is 19.1. The Hall–Kier alpha value is -12.3. The number of rotatable bonds is 46. The van der Waals surface area contributed by atoms with Crippen molar-refractivity contribution in [3.05, 3.63) is 138 Å². The first-order chi connectivity index (χ1) is 54.8. The van der Waals surface area contributed by atoms with Crippen molar-refractivity contribution in [1.29, 1.82) is 0 Å². The van der Waals surface area contributed by atoms with Crippen LogP contribution < -0.4 is 69.5 Å². The smallest absolute Gasteiger partial charge is 0.303 e. The zero-order valence-corrected chi connectivity index (χ0v) is 66.5. The summed E-state index contributed by atoms with van der Waals surface area (Å²) in [5.41, 5.74) is 8.87. The van der Waals surface area contributed by atoms with Crippen molar-refractivity contribution in [2.45, 2.75) is 212 Å². The number of nitrogens with two attached hydrogens (primary N) is 1. The number of primary amides is 1. The molecule has 0 bridgehead atoms. The molecule has 628 valence electrons. The average Bonchev–Trinajstić information content (AvgIpc) is 1.28. The number of nitrogens with one attached hydrogen (secondary N) is 14. The van der Waals surface area contributed by atoms with E-state index < -0.39 is 224 Å². The number of carbonyl (C=O) groups excluding carboxylic acids is 13. The second-order valence-electron chi connectivity index (χ2n) is 30.3. The van der Waals surface area contributed by atoms with Crippen molar-refractivity contribution in [2.75, 3.05) is 6.61 Å². The number of aromatic nitrogens is 2. The summed E-state index contributed by atoms with van der Waals surface area (Å²) in [6.07, 6.45) is -2.74. The molecule has 35 nitrogen and oxygen atoms in total. The molecule has 21 N–H and O–H groups in total. The van der Waals surface area contributed by atoms with E-state index in [2.05, 4.69) is 73.8 Å². The Kier molecular flexibility index (Phi) is 35.4. The molecule has 0 aliphatic rings. The lowest BCUT2D eigenvalue weighted by Crippen LogP contribution is -2.63. The van der Waals surface area contributed by atoms with E-state index in [1.807, 2.05) is 18.2 Å². The van der Waals surface area contributed by atoms with E-state index in [1.54, 1.807) is 122 Å². The lowest BCUT2D eigenvalue weighted by molar-refractivity contribution is -0.140. The van der Waals surface area contributed by atoms with Gasteiger partial charge in [-0.25, -0.2) is 0 Å². The molecule has 35 heteroatoms. The lowest BCUT2D eigenvalue weighted by atomic mass is 9.98. The van der Waals surface area contributed by atoms with Crippen molar-refractivity contribution in [1.82, 2.24) is 73.8 Å². The van der Waals surface area contributed by atoms with Gasteiger partial charge < -0.3 is 105 Å². The Bertz CT molecular complexity index is 4430. The van der Waals surface area contributed by atoms with Crippen LogP contribution in [0.15, 0.2) is 116 Å². The number of carboxylic acid groups (broad SMARTS) is 2. The first-order valence-corrected chi connectivity index (χ1v) is 38.4. The fourth-order valence-electron chi connectivity index (χ4n) is 12.9. The van der Waals surface area contributed by atoms with E-state index in [1.165, 1.54) is 37.4 Å². The molecule has 0 aliphatic carbocycles. The maximum Gasteiger partial charge on any atom is 0.303 e. The molecule has 13 amide bonds. The quantitative estimate of drug-likeness (QED) is 0.0247. The van der Waals surface area contributed by atoms with Gasteiger partial charge in [-0.2, -0.15) is 0 Å². The van der Waals surface area contributed by atoms with Crippen molar-refractivity contribution >= 4 is 111 Å². The number of aliphatic hydroxyl groups excluding tert-OH is 2. The number of phenols is 1. The molecular formula is C81H109N15O20. The van der Waals surface area contributed by atoms with E-state index in [0.29, 0.717) is 33.2 Å². The molecule has 2 aromatic heterocycles. The predicted molar refractivity (Wildman–Crippen MR) is 425 cm³/mol. The summed E-state index contributed by atoms with van der Waals surface area (Å²) in [7, 11) is 0. The van der Waals surface area contributed by atoms with Crippen LogP contribution in [0, 0.1) is 23.7 Å². The van der Waals surface area contributed by atoms with Crippen molar-refractivity contribution in [3.8, 4) is 5.75 Å². The van der Waals surface area contributed by atoms with E-state index in [0.717, 1.165) is 17.8 Å². The molecule has 2 heterocycles. The summed E-state index contributed by atoms with van der Waals surface area (Å²) >= 11 is 0. The van der Waals surface area contributed by atoms with Gasteiger partial charge in [0.15, 0.2) is 0 Å². The standard InChI is InChI=1S/C81H109N15O20/c1-41(2)32-58(73(108)88-59(33-42(3)4)74(109)91-63(78(113)95-67(43(5)6)70(82)105)37-50-39-84-55-23-17-15-21-53(50)55)89-75(110)60(35-48-24-26-51(100)27-25-48)90-72(107)57(29-31-66(103)104)86-71(106)56(28-30-65(101)102)87-76(111)62(36-49-38-83-54-22-16-14-20-52(49)54)92-79(114)64(40-97)94-81(116)69(45(9)98)96-77(112)61(34-47-18-12-11-13-19-47)93-80(115)68(44(7)8)85-46(10)99/h11-27,38-39,41-45,56-64,67-69,83-84,97-98,100H,28-37,40H2,1-10H3,(H2,82,105)(H,85,99)(H,86,106)(H,87,111)(H,88,108)(H,89,110)(H,90,107)(H,91,109)(H,92,114)(H,93,115)(H,94,116)(H,95,113)(H,96,112)(H,101,102)(H,103,104)/t45-,56+,57+,58+,59+,60+,61+,62+,63+,64+,67+,68+,69+/m1/s1. The maximum absolute atomic E-state index is 15.0. The predicted octanol–water partition coefficient (Wildman–Crippen LogP) is 0.455. The van der Waals surface area contributed by atoms with Gasteiger partial charge in [-0.3, -0.25) is 71.9 Å². The summed E-state index contributed by atoms with van der Waals surface area (Å²) in [5.74, 6) is -17.4. The number of aromatic amines is 2. The number of carbonyl (C=O) groups is 15. The lowest BCUT2D eigenvalue weighted by Gasteiger charge is -2.29.